The first-order valence-corrected chi connectivity index (χ1v) is 9.65. The first kappa shape index (κ1) is 18.2. The Morgan fingerprint density at radius 2 is 1.97 bits per heavy atom. The fraction of sp³-hybridized carbons (Fsp3) is 0.174. The van der Waals surface area contributed by atoms with Gasteiger partial charge in [0.05, 0.1) is 23.0 Å². The molecule has 0 saturated heterocycles. The molecular weight excluding hydrogens is 380 g/mol. The van der Waals surface area contributed by atoms with Crippen molar-refractivity contribution in [3.05, 3.63) is 71.5 Å². The van der Waals surface area contributed by atoms with Crippen LogP contribution in [0.25, 0.3) is 22.2 Å². The van der Waals surface area contributed by atoms with Gasteiger partial charge in [-0.1, -0.05) is 18.2 Å². The largest absolute Gasteiger partial charge is 0.454 e. The van der Waals surface area contributed by atoms with E-state index in [1.165, 1.54) is 0 Å². The van der Waals surface area contributed by atoms with Crippen LogP contribution in [0.4, 0.5) is 0 Å². The lowest BCUT2D eigenvalue weighted by Crippen LogP contribution is -2.23. The second-order valence-corrected chi connectivity index (χ2v) is 7.20. The SMILES string of the molecule is Cc1c(CNC(=O)c2cc(-c3ccc4c(c3)OCO4)nc3ccccc23)cnn1C. The fourth-order valence-corrected chi connectivity index (χ4v) is 3.56. The first-order valence-electron chi connectivity index (χ1n) is 9.65. The summed E-state index contributed by atoms with van der Waals surface area (Å²) in [6.07, 6.45) is 1.78. The van der Waals surface area contributed by atoms with Crippen LogP contribution in [0.15, 0.2) is 54.7 Å². The van der Waals surface area contributed by atoms with Crippen LogP contribution in [-0.2, 0) is 13.6 Å². The highest BCUT2D eigenvalue weighted by molar-refractivity contribution is 6.07. The van der Waals surface area contributed by atoms with E-state index in [4.69, 9.17) is 14.5 Å². The molecule has 30 heavy (non-hydrogen) atoms. The van der Waals surface area contributed by atoms with Gasteiger partial charge in [-0.3, -0.25) is 9.48 Å². The Kier molecular flexibility index (Phi) is 4.35. The van der Waals surface area contributed by atoms with Crippen molar-refractivity contribution in [1.29, 1.82) is 0 Å². The molecule has 1 N–H and O–H groups in total. The molecule has 0 saturated carbocycles. The number of amides is 1. The van der Waals surface area contributed by atoms with Crippen molar-refractivity contribution in [2.75, 3.05) is 6.79 Å². The van der Waals surface area contributed by atoms with Crippen LogP contribution in [0.2, 0.25) is 0 Å². The zero-order valence-corrected chi connectivity index (χ0v) is 16.7. The van der Waals surface area contributed by atoms with E-state index in [9.17, 15) is 4.79 Å². The number of ether oxygens (including phenoxy) is 2. The van der Waals surface area contributed by atoms with Crippen LogP contribution >= 0.6 is 0 Å². The molecule has 0 aliphatic carbocycles. The third-order valence-electron chi connectivity index (χ3n) is 5.41. The quantitative estimate of drug-likeness (QED) is 0.566. The molecule has 0 bridgehead atoms. The molecular formula is C23H20N4O3. The average Bonchev–Trinajstić information content (AvgIpc) is 3.37. The van der Waals surface area contributed by atoms with Crippen LogP contribution in [0.3, 0.4) is 0 Å². The molecule has 1 amide bonds. The number of pyridine rings is 1. The van der Waals surface area contributed by atoms with Crippen molar-refractivity contribution in [3.8, 4) is 22.8 Å². The minimum atomic E-state index is -0.154. The van der Waals surface area contributed by atoms with E-state index < -0.39 is 0 Å². The van der Waals surface area contributed by atoms with Gasteiger partial charge < -0.3 is 14.8 Å². The summed E-state index contributed by atoms with van der Waals surface area (Å²) in [5, 5.41) is 8.06. The number of aromatic nitrogens is 3. The van der Waals surface area contributed by atoms with E-state index in [-0.39, 0.29) is 12.7 Å². The van der Waals surface area contributed by atoms with E-state index in [2.05, 4.69) is 10.4 Å². The third kappa shape index (κ3) is 3.14. The number of rotatable bonds is 4. The summed E-state index contributed by atoms with van der Waals surface area (Å²) in [6, 6.07) is 15.1. The maximum atomic E-state index is 13.1. The third-order valence-corrected chi connectivity index (χ3v) is 5.41. The summed E-state index contributed by atoms with van der Waals surface area (Å²) in [4.78, 5) is 17.9. The molecule has 0 atom stereocenters. The minimum absolute atomic E-state index is 0.154. The molecule has 4 aromatic rings. The van der Waals surface area contributed by atoms with Gasteiger partial charge in [-0.2, -0.15) is 5.10 Å². The van der Waals surface area contributed by atoms with E-state index in [0.29, 0.717) is 29.3 Å². The molecule has 7 heteroatoms. The van der Waals surface area contributed by atoms with Gasteiger partial charge in [0.1, 0.15) is 0 Å². The molecule has 2 aromatic heterocycles. The highest BCUT2D eigenvalue weighted by Crippen LogP contribution is 2.36. The molecule has 0 radical (unpaired) electrons. The molecule has 3 heterocycles. The maximum absolute atomic E-state index is 13.1. The molecule has 7 nitrogen and oxygen atoms in total. The van der Waals surface area contributed by atoms with Gasteiger partial charge in [0, 0.05) is 35.8 Å². The van der Waals surface area contributed by atoms with E-state index in [0.717, 1.165) is 27.7 Å². The molecule has 0 spiro atoms. The number of nitrogens with one attached hydrogen (secondary N) is 1. The topological polar surface area (TPSA) is 78.3 Å². The zero-order chi connectivity index (χ0) is 20.7. The molecule has 150 valence electrons. The summed E-state index contributed by atoms with van der Waals surface area (Å²) in [7, 11) is 1.88. The smallest absolute Gasteiger partial charge is 0.252 e. The lowest BCUT2D eigenvalue weighted by molar-refractivity contribution is 0.0952. The highest BCUT2D eigenvalue weighted by atomic mass is 16.7. The van der Waals surface area contributed by atoms with Gasteiger partial charge in [-0.05, 0) is 37.3 Å². The van der Waals surface area contributed by atoms with E-state index in [1.807, 2.05) is 62.5 Å². The number of hydrogen-bond acceptors (Lipinski definition) is 5. The standard InChI is InChI=1S/C23H20N4O3/c1-14-16(12-25-27(14)2)11-24-23(28)18-10-20(26-19-6-4-3-5-17(18)19)15-7-8-21-22(9-15)30-13-29-21/h3-10,12H,11,13H2,1-2H3,(H,24,28). The summed E-state index contributed by atoms with van der Waals surface area (Å²) in [6.45, 7) is 2.61. The second-order valence-electron chi connectivity index (χ2n) is 7.20. The fourth-order valence-electron chi connectivity index (χ4n) is 3.56. The molecule has 2 aromatic carbocycles. The number of carbonyl (C=O) groups excluding carboxylic acids is 1. The van der Waals surface area contributed by atoms with E-state index in [1.54, 1.807) is 10.9 Å². The average molecular weight is 400 g/mol. The Bertz CT molecular complexity index is 1280. The predicted octanol–water partition coefficient (Wildman–Crippen LogP) is 3.60. The predicted molar refractivity (Wildman–Crippen MR) is 112 cm³/mol. The van der Waals surface area contributed by atoms with Gasteiger partial charge in [0.25, 0.3) is 5.91 Å². The van der Waals surface area contributed by atoms with Gasteiger partial charge >= 0.3 is 0 Å². The Balaban J connectivity index is 1.52. The lowest BCUT2D eigenvalue weighted by atomic mass is 10.0. The minimum Gasteiger partial charge on any atom is -0.454 e. The molecule has 0 fully saturated rings. The Labute approximate surface area is 173 Å². The highest BCUT2D eigenvalue weighted by Gasteiger charge is 2.18. The summed E-state index contributed by atoms with van der Waals surface area (Å²) in [5.74, 6) is 1.24. The van der Waals surface area contributed by atoms with Crippen molar-refractivity contribution < 1.29 is 14.3 Å². The van der Waals surface area contributed by atoms with Crippen molar-refractivity contribution in [2.24, 2.45) is 7.05 Å². The zero-order valence-electron chi connectivity index (χ0n) is 16.7. The molecule has 5 rings (SSSR count). The van der Waals surface area contributed by atoms with Gasteiger partial charge in [-0.15, -0.1) is 0 Å². The maximum Gasteiger partial charge on any atom is 0.252 e. The summed E-state index contributed by atoms with van der Waals surface area (Å²) >= 11 is 0. The number of hydrogen-bond donors (Lipinski definition) is 1. The second kappa shape index (κ2) is 7.18. The number of aryl methyl sites for hydroxylation is 1. The Morgan fingerprint density at radius 1 is 1.13 bits per heavy atom. The Hall–Kier alpha value is -3.87. The lowest BCUT2D eigenvalue weighted by Gasteiger charge is -2.11. The van der Waals surface area contributed by atoms with Gasteiger partial charge in [0.15, 0.2) is 11.5 Å². The molecule has 0 unspecified atom stereocenters. The number of carbonyl (C=O) groups is 1. The number of nitrogens with zero attached hydrogens (tertiary/aromatic N) is 3. The molecule has 1 aliphatic rings. The first-order chi connectivity index (χ1) is 14.6. The van der Waals surface area contributed by atoms with Crippen molar-refractivity contribution in [1.82, 2.24) is 20.1 Å². The van der Waals surface area contributed by atoms with Crippen molar-refractivity contribution in [3.63, 3.8) is 0 Å². The number of fused-ring (bicyclic) bond motifs is 2. The number of para-hydroxylation sites is 1. The van der Waals surface area contributed by atoms with Crippen LogP contribution in [0.5, 0.6) is 11.5 Å². The van der Waals surface area contributed by atoms with Gasteiger partial charge in [-0.25, -0.2) is 4.98 Å². The number of benzene rings is 2. The monoisotopic (exact) mass is 400 g/mol. The van der Waals surface area contributed by atoms with E-state index >= 15 is 0 Å². The van der Waals surface area contributed by atoms with Crippen molar-refractivity contribution in [2.45, 2.75) is 13.5 Å². The van der Waals surface area contributed by atoms with Gasteiger partial charge in [0.2, 0.25) is 6.79 Å². The Morgan fingerprint density at radius 3 is 2.80 bits per heavy atom. The van der Waals surface area contributed by atoms with Crippen LogP contribution < -0.4 is 14.8 Å². The van der Waals surface area contributed by atoms with Crippen LogP contribution in [0.1, 0.15) is 21.6 Å². The van der Waals surface area contributed by atoms with Crippen LogP contribution in [0, 0.1) is 6.92 Å². The molecule has 1 aliphatic heterocycles. The van der Waals surface area contributed by atoms with Crippen molar-refractivity contribution >= 4 is 16.8 Å². The normalized spacial score (nSPS) is 12.3. The van der Waals surface area contributed by atoms with Crippen LogP contribution in [-0.4, -0.2) is 27.5 Å². The summed E-state index contributed by atoms with van der Waals surface area (Å²) in [5.41, 5.74) is 4.91. The summed E-state index contributed by atoms with van der Waals surface area (Å²) < 4.78 is 12.7.